The van der Waals surface area contributed by atoms with Crippen molar-refractivity contribution in [2.45, 2.75) is 90.8 Å². The van der Waals surface area contributed by atoms with E-state index in [1.165, 1.54) is 10.9 Å². The maximum atomic E-state index is 16.9. The average molecular weight is 953 g/mol. The molecule has 62 heavy (non-hydrogen) atoms. The van der Waals surface area contributed by atoms with Crippen molar-refractivity contribution >= 4 is 82.2 Å². The monoisotopic (exact) mass is 952 g/mol. The summed E-state index contributed by atoms with van der Waals surface area (Å²) in [4.78, 5) is 60.7. The molecular formula is C33H44F2N10O13P2S2. The number of esters is 2. The molecular weight excluding hydrogens is 908 g/mol. The lowest BCUT2D eigenvalue weighted by Crippen LogP contribution is -2.36. The Morgan fingerprint density at radius 1 is 0.839 bits per heavy atom. The number of hydrogen-bond acceptors (Lipinski definition) is 22. The van der Waals surface area contributed by atoms with E-state index < -0.39 is 122 Å². The second-order valence-electron chi connectivity index (χ2n) is 16.2. The summed E-state index contributed by atoms with van der Waals surface area (Å²) in [6, 6.07) is 0. The second-order valence-corrected chi connectivity index (χ2v) is 24.9. The number of hydrogen-bond donors (Lipinski definition) is 3. The SMILES string of the molecule is CC(C)(C)C(=O)OCSP1(=O)CO[C@H]2[C@@H](F)[C@H](n3cnc4c(N)ncnc43)O[C@@H]2COP(=O)(SCOC(=O)C(C)(C)C)O[C@@H]2[C@H](F)[C@H](CO1)O[C@H]2n1cnc2c(=O)[nH]c(N)nc21. The number of nitrogen functional groups attached to an aromatic ring is 2. The Bertz CT molecular complexity index is 2490. The van der Waals surface area contributed by atoms with Crippen LogP contribution >= 0.6 is 36.1 Å². The molecule has 2 bridgehead atoms. The molecule has 4 aromatic heterocycles. The van der Waals surface area contributed by atoms with Gasteiger partial charge in [0.15, 0.2) is 47.4 Å². The zero-order valence-electron chi connectivity index (χ0n) is 33.9. The molecule has 0 spiro atoms. The summed E-state index contributed by atoms with van der Waals surface area (Å²) < 4.78 is 112. The van der Waals surface area contributed by atoms with Crippen LogP contribution in [0.1, 0.15) is 54.0 Å². The second kappa shape index (κ2) is 17.7. The minimum atomic E-state index is -4.75. The van der Waals surface area contributed by atoms with Crippen molar-refractivity contribution in [3.63, 3.8) is 0 Å². The van der Waals surface area contributed by atoms with Crippen LogP contribution in [-0.2, 0) is 56.0 Å². The van der Waals surface area contributed by atoms with Crippen LogP contribution in [0.2, 0.25) is 0 Å². The fourth-order valence-corrected chi connectivity index (χ4v) is 11.7. The number of halogens is 2. The van der Waals surface area contributed by atoms with Gasteiger partial charge in [0, 0.05) is 11.4 Å². The van der Waals surface area contributed by atoms with E-state index in [4.69, 9.17) is 48.7 Å². The van der Waals surface area contributed by atoms with Crippen molar-refractivity contribution in [1.29, 1.82) is 0 Å². The minimum Gasteiger partial charge on any atom is -0.454 e. The molecule has 0 aliphatic carbocycles. The number of nitrogens with two attached hydrogens (primary N) is 2. The Balaban J connectivity index is 1.26. The fraction of sp³-hybridized carbons (Fsp3) is 0.636. The first-order valence-electron chi connectivity index (χ1n) is 18.7. The van der Waals surface area contributed by atoms with Crippen molar-refractivity contribution in [2.75, 3.05) is 42.9 Å². The molecule has 0 aromatic carbocycles. The lowest BCUT2D eigenvalue weighted by atomic mass is 9.98. The van der Waals surface area contributed by atoms with E-state index in [0.717, 1.165) is 17.2 Å². The van der Waals surface area contributed by atoms with Crippen LogP contribution in [0.3, 0.4) is 0 Å². The van der Waals surface area contributed by atoms with Gasteiger partial charge in [-0.15, -0.1) is 0 Å². The summed E-state index contributed by atoms with van der Waals surface area (Å²) in [6.45, 7) is -0.936. The predicted molar refractivity (Wildman–Crippen MR) is 218 cm³/mol. The first kappa shape index (κ1) is 46.2. The quantitative estimate of drug-likeness (QED) is 0.126. The highest BCUT2D eigenvalue weighted by molar-refractivity contribution is 8.56. The summed E-state index contributed by atoms with van der Waals surface area (Å²) in [7, 11) is 0. The van der Waals surface area contributed by atoms with Gasteiger partial charge in [0.2, 0.25) is 5.95 Å². The number of aromatic nitrogens is 8. The van der Waals surface area contributed by atoms with Crippen LogP contribution in [0.15, 0.2) is 23.8 Å². The number of ether oxygens (including phenoxy) is 5. The number of imidazole rings is 2. The maximum absolute atomic E-state index is 16.9. The number of rotatable bonds is 8. The molecule has 3 aliphatic heterocycles. The van der Waals surface area contributed by atoms with Gasteiger partial charge in [-0.1, -0.05) is 0 Å². The van der Waals surface area contributed by atoms with Gasteiger partial charge in [0.1, 0.15) is 54.5 Å². The first-order valence-corrected chi connectivity index (χ1v) is 25.3. The molecule has 3 saturated heterocycles. The van der Waals surface area contributed by atoms with E-state index in [0.29, 0.717) is 22.8 Å². The standard InChI is InChI=1S/C33H44F2N10O13P2S2/c1-32(2,3)29(47)52-13-61-59(49)12-51-21-16(57-27(18(21)35)44-10-40-19-23(36)38-9-39-24(19)44)8-55-60(50,62-14-53-30(48)33(4,5)6)58-22-17(34)15(7-54-59)56-28(22)45-11-41-20-25(45)42-31(37)43-26(20)46/h9-11,15-18,21-22,27-28H,7-8,12-14H2,1-6H3,(H2,36,38,39)(H3,37,42,43,46)/t15-,16+,17+,18+,21+,22+,27+,28+,59?,60?/m0/s1. The number of nitrogens with one attached hydrogen (secondary N) is 1. The summed E-state index contributed by atoms with van der Waals surface area (Å²) in [6.07, 6.45) is -11.5. The molecule has 7 rings (SSSR count). The smallest absolute Gasteiger partial charge is 0.393 e. The first-order chi connectivity index (χ1) is 29.1. The Morgan fingerprint density at radius 2 is 1.45 bits per heavy atom. The van der Waals surface area contributed by atoms with Crippen LogP contribution < -0.4 is 17.0 Å². The highest BCUT2D eigenvalue weighted by atomic mass is 32.7. The molecule has 3 fully saturated rings. The number of alkyl halides is 2. The maximum Gasteiger partial charge on any atom is 0.393 e. The van der Waals surface area contributed by atoms with Gasteiger partial charge in [-0.2, -0.15) is 4.98 Å². The molecule has 5 N–H and O–H groups in total. The van der Waals surface area contributed by atoms with Gasteiger partial charge in [-0.25, -0.2) is 33.3 Å². The van der Waals surface area contributed by atoms with Gasteiger partial charge >= 0.3 is 18.7 Å². The Hall–Kier alpha value is -3.78. The highest BCUT2D eigenvalue weighted by Gasteiger charge is 2.54. The predicted octanol–water partition coefficient (Wildman–Crippen LogP) is 4.23. The Morgan fingerprint density at radius 3 is 2.13 bits per heavy atom. The third kappa shape index (κ3) is 9.66. The fourth-order valence-electron chi connectivity index (χ4n) is 6.23. The van der Waals surface area contributed by atoms with E-state index in [-0.39, 0.29) is 34.1 Å². The summed E-state index contributed by atoms with van der Waals surface area (Å²) in [5.41, 5.74) is 8.99. The summed E-state index contributed by atoms with van der Waals surface area (Å²) in [5, 5.41) is 0. The zero-order valence-corrected chi connectivity index (χ0v) is 37.4. The average Bonchev–Trinajstić information content (AvgIpc) is 3.95. The number of nitrogens with zero attached hydrogens (tertiary/aromatic N) is 7. The number of carbonyl (C=O) groups excluding carboxylic acids is 2. The largest absolute Gasteiger partial charge is 0.454 e. The van der Waals surface area contributed by atoms with Gasteiger partial charge in [0.25, 0.3) is 12.1 Å². The third-order valence-electron chi connectivity index (χ3n) is 9.49. The van der Waals surface area contributed by atoms with Crippen LogP contribution in [0.25, 0.3) is 22.3 Å². The Kier molecular flexibility index (Phi) is 13.2. The van der Waals surface area contributed by atoms with Crippen molar-refractivity contribution in [2.24, 2.45) is 10.8 Å². The van der Waals surface area contributed by atoms with Gasteiger partial charge in [-0.05, 0) is 52.9 Å². The van der Waals surface area contributed by atoms with E-state index in [9.17, 15) is 23.5 Å². The number of H-pyrrole nitrogens is 1. The topological polar surface area (TPSA) is 301 Å². The molecule has 2 unspecified atom stereocenters. The molecule has 0 saturated carbocycles. The molecule has 23 nitrogen and oxygen atoms in total. The van der Waals surface area contributed by atoms with Gasteiger partial charge in [-0.3, -0.25) is 42.1 Å². The lowest BCUT2D eigenvalue weighted by molar-refractivity contribution is -0.151. The number of anilines is 2. The van der Waals surface area contributed by atoms with Crippen molar-refractivity contribution in [1.82, 2.24) is 39.0 Å². The Labute approximate surface area is 358 Å². The number of carbonyl (C=O) groups is 2. The summed E-state index contributed by atoms with van der Waals surface area (Å²) >= 11 is 0.909. The number of fused-ring (bicyclic) bond motifs is 5. The minimum absolute atomic E-state index is 0.00222. The highest BCUT2D eigenvalue weighted by Crippen LogP contribution is 2.65. The molecule has 4 aromatic rings. The van der Waals surface area contributed by atoms with E-state index in [1.807, 2.05) is 0 Å². The van der Waals surface area contributed by atoms with Crippen LogP contribution in [0, 0.1) is 10.8 Å². The molecule has 7 heterocycles. The molecule has 29 heteroatoms. The molecule has 3 aliphatic rings. The molecule has 0 amide bonds. The zero-order chi connectivity index (χ0) is 44.9. The van der Waals surface area contributed by atoms with Gasteiger partial charge < -0.3 is 39.7 Å². The van der Waals surface area contributed by atoms with Crippen molar-refractivity contribution < 1.29 is 64.8 Å². The van der Waals surface area contributed by atoms with E-state index in [1.54, 1.807) is 41.5 Å². The van der Waals surface area contributed by atoms with Crippen LogP contribution in [0.5, 0.6) is 0 Å². The van der Waals surface area contributed by atoms with Crippen LogP contribution in [0.4, 0.5) is 20.5 Å². The van der Waals surface area contributed by atoms with Gasteiger partial charge in [0.05, 0.1) is 36.7 Å². The molecule has 0 radical (unpaired) electrons. The number of aromatic amines is 1. The third-order valence-corrected chi connectivity index (χ3v) is 16.6. The molecule has 10 atom stereocenters. The van der Waals surface area contributed by atoms with Crippen molar-refractivity contribution in [3.8, 4) is 0 Å². The molecule has 340 valence electrons. The lowest BCUT2D eigenvalue weighted by Gasteiger charge is -2.28. The van der Waals surface area contributed by atoms with E-state index in [2.05, 4.69) is 29.9 Å². The normalized spacial score (nSPS) is 31.2. The van der Waals surface area contributed by atoms with Crippen molar-refractivity contribution in [3.05, 3.63) is 29.3 Å². The van der Waals surface area contributed by atoms with Crippen LogP contribution in [-0.4, -0.2) is 119 Å². The van der Waals surface area contributed by atoms with E-state index >= 15 is 8.78 Å². The summed E-state index contributed by atoms with van der Waals surface area (Å²) in [5.74, 6) is -2.74.